The van der Waals surface area contributed by atoms with Crippen molar-refractivity contribution in [2.75, 3.05) is 6.26 Å². The van der Waals surface area contributed by atoms with Crippen LogP contribution in [-0.4, -0.2) is 12.4 Å². The fourth-order valence-electron chi connectivity index (χ4n) is 1.74. The fourth-order valence-corrected chi connectivity index (χ4v) is 2.30. The molecule has 0 amide bonds. The average molecular weight is 236 g/mol. The first kappa shape index (κ1) is 11.8. The minimum Gasteiger partial charge on any atom is -0.489 e. The minimum atomic E-state index is 0.149. The van der Waals surface area contributed by atoms with Gasteiger partial charge in [-0.15, -0.1) is 11.8 Å². The smallest absolute Gasteiger partial charge is 0.136 e. The molecular weight excluding hydrogens is 216 g/mol. The predicted molar refractivity (Wildman–Crippen MR) is 70.6 cm³/mol. The molecule has 1 nitrogen and oxygen atoms in total. The van der Waals surface area contributed by atoms with Crippen molar-refractivity contribution >= 4 is 11.8 Å². The van der Waals surface area contributed by atoms with Crippen LogP contribution in [0.4, 0.5) is 0 Å². The third-order valence-corrected chi connectivity index (χ3v) is 3.58. The summed E-state index contributed by atoms with van der Waals surface area (Å²) < 4.78 is 6.08. The van der Waals surface area contributed by atoms with Gasteiger partial charge in [0.25, 0.3) is 0 Å². The number of thioether (sulfide) groups is 1. The second-order valence-electron chi connectivity index (χ2n) is 5.40. The Morgan fingerprint density at radius 3 is 2.44 bits per heavy atom. The van der Waals surface area contributed by atoms with Crippen molar-refractivity contribution in [2.45, 2.75) is 50.0 Å². The predicted octanol–water partition coefficient (Wildman–Crippen LogP) is 4.25. The molecule has 0 spiro atoms. The van der Waals surface area contributed by atoms with Gasteiger partial charge in [0.1, 0.15) is 5.75 Å². The molecule has 0 atom stereocenters. The topological polar surface area (TPSA) is 9.23 Å². The number of rotatable bonds is 3. The van der Waals surface area contributed by atoms with E-state index in [-0.39, 0.29) is 5.41 Å². The molecule has 16 heavy (non-hydrogen) atoms. The normalized spacial score (nSPS) is 16.2. The van der Waals surface area contributed by atoms with Crippen LogP contribution in [0.15, 0.2) is 23.1 Å². The highest BCUT2D eigenvalue weighted by Crippen LogP contribution is 2.40. The number of hydrogen-bond acceptors (Lipinski definition) is 2. The Labute approximate surface area is 103 Å². The van der Waals surface area contributed by atoms with Crippen LogP contribution in [-0.2, 0) is 5.41 Å². The molecule has 1 aliphatic rings. The van der Waals surface area contributed by atoms with Gasteiger partial charge in [0.15, 0.2) is 0 Å². The summed E-state index contributed by atoms with van der Waals surface area (Å²) in [6, 6.07) is 6.47. The van der Waals surface area contributed by atoms with E-state index in [9.17, 15) is 0 Å². The Balaban J connectivity index is 2.41. The van der Waals surface area contributed by atoms with Crippen molar-refractivity contribution in [2.24, 2.45) is 0 Å². The zero-order chi connectivity index (χ0) is 11.8. The molecule has 1 saturated carbocycles. The van der Waals surface area contributed by atoms with E-state index in [4.69, 9.17) is 4.74 Å². The van der Waals surface area contributed by atoms with Crippen molar-refractivity contribution in [3.05, 3.63) is 23.8 Å². The zero-order valence-corrected chi connectivity index (χ0v) is 11.4. The second kappa shape index (κ2) is 4.33. The number of para-hydroxylation sites is 1. The van der Waals surface area contributed by atoms with Crippen LogP contribution in [0.1, 0.15) is 39.2 Å². The summed E-state index contributed by atoms with van der Waals surface area (Å²) in [7, 11) is 0. The van der Waals surface area contributed by atoms with E-state index in [1.165, 1.54) is 23.3 Å². The van der Waals surface area contributed by atoms with E-state index in [0.29, 0.717) is 6.10 Å². The van der Waals surface area contributed by atoms with Crippen LogP contribution in [0.5, 0.6) is 5.75 Å². The van der Waals surface area contributed by atoms with E-state index >= 15 is 0 Å². The molecule has 1 aliphatic carbocycles. The molecule has 0 radical (unpaired) electrons. The van der Waals surface area contributed by atoms with Crippen LogP contribution in [0.3, 0.4) is 0 Å². The highest BCUT2D eigenvalue weighted by atomic mass is 32.2. The lowest BCUT2D eigenvalue weighted by Crippen LogP contribution is -2.14. The first-order chi connectivity index (χ1) is 7.52. The largest absolute Gasteiger partial charge is 0.489 e. The molecule has 0 aliphatic heterocycles. The van der Waals surface area contributed by atoms with Gasteiger partial charge in [-0.1, -0.05) is 32.9 Å². The summed E-state index contributed by atoms with van der Waals surface area (Å²) in [6.07, 6.45) is 5.01. The molecule has 2 heteroatoms. The van der Waals surface area contributed by atoms with E-state index in [2.05, 4.69) is 45.2 Å². The monoisotopic (exact) mass is 236 g/mol. The molecule has 0 unspecified atom stereocenters. The number of ether oxygens (including phenoxy) is 1. The molecule has 0 heterocycles. The Kier molecular flexibility index (Phi) is 3.20. The third-order valence-electron chi connectivity index (χ3n) is 2.82. The van der Waals surface area contributed by atoms with Gasteiger partial charge >= 0.3 is 0 Å². The first-order valence-electron chi connectivity index (χ1n) is 5.86. The van der Waals surface area contributed by atoms with Gasteiger partial charge in [-0.3, -0.25) is 0 Å². The Hall–Kier alpha value is -0.630. The van der Waals surface area contributed by atoms with Gasteiger partial charge in [-0.25, -0.2) is 0 Å². The van der Waals surface area contributed by atoms with Crippen molar-refractivity contribution in [1.29, 1.82) is 0 Å². The maximum Gasteiger partial charge on any atom is 0.136 e. The highest BCUT2D eigenvalue weighted by Gasteiger charge is 2.28. The Morgan fingerprint density at radius 1 is 1.25 bits per heavy atom. The maximum absolute atomic E-state index is 6.08. The van der Waals surface area contributed by atoms with E-state index in [0.717, 1.165) is 5.75 Å². The van der Waals surface area contributed by atoms with Crippen molar-refractivity contribution < 1.29 is 4.74 Å². The van der Waals surface area contributed by atoms with Crippen LogP contribution >= 0.6 is 11.8 Å². The molecule has 1 aromatic carbocycles. The quantitative estimate of drug-likeness (QED) is 0.726. The minimum absolute atomic E-state index is 0.149. The van der Waals surface area contributed by atoms with Gasteiger partial charge in [0.2, 0.25) is 0 Å². The number of benzene rings is 1. The van der Waals surface area contributed by atoms with E-state index < -0.39 is 0 Å². The maximum atomic E-state index is 6.08. The lowest BCUT2D eigenvalue weighted by atomic mass is 9.86. The molecular formula is C14H20OS. The summed E-state index contributed by atoms with van der Waals surface area (Å²) in [4.78, 5) is 1.26. The van der Waals surface area contributed by atoms with E-state index in [1.807, 2.05) is 0 Å². The summed E-state index contributed by atoms with van der Waals surface area (Å²) in [5.74, 6) is 1.12. The van der Waals surface area contributed by atoms with Gasteiger partial charge < -0.3 is 4.74 Å². The van der Waals surface area contributed by atoms with Crippen molar-refractivity contribution in [3.8, 4) is 5.75 Å². The number of hydrogen-bond donors (Lipinski definition) is 0. The average Bonchev–Trinajstić information content (AvgIpc) is 3.00. The summed E-state index contributed by atoms with van der Waals surface area (Å²) in [5.41, 5.74) is 1.47. The van der Waals surface area contributed by atoms with Crippen LogP contribution in [0.25, 0.3) is 0 Å². The third kappa shape index (κ3) is 2.54. The second-order valence-corrected chi connectivity index (χ2v) is 6.25. The molecule has 2 rings (SSSR count). The Morgan fingerprint density at radius 2 is 1.94 bits per heavy atom. The van der Waals surface area contributed by atoms with Crippen molar-refractivity contribution in [3.63, 3.8) is 0 Å². The zero-order valence-electron chi connectivity index (χ0n) is 10.5. The molecule has 88 valence electrons. The fraction of sp³-hybridized carbons (Fsp3) is 0.571. The standard InChI is InChI=1S/C14H20OS/c1-14(2,3)11-6-5-7-12(16-4)13(11)15-10-8-9-10/h5-7,10H,8-9H2,1-4H3. The summed E-state index contributed by atoms with van der Waals surface area (Å²) in [6.45, 7) is 6.73. The molecule has 0 saturated heterocycles. The SMILES string of the molecule is CSc1cccc(C(C)(C)C)c1OC1CC1. The van der Waals surface area contributed by atoms with Crippen LogP contribution in [0.2, 0.25) is 0 Å². The van der Waals surface area contributed by atoms with Gasteiger partial charge in [-0.05, 0) is 30.6 Å². The first-order valence-corrected chi connectivity index (χ1v) is 7.09. The molecule has 0 aromatic heterocycles. The highest BCUT2D eigenvalue weighted by molar-refractivity contribution is 7.98. The summed E-state index contributed by atoms with van der Waals surface area (Å²) >= 11 is 1.77. The van der Waals surface area contributed by atoms with Gasteiger partial charge in [-0.2, -0.15) is 0 Å². The lowest BCUT2D eigenvalue weighted by molar-refractivity contribution is 0.287. The van der Waals surface area contributed by atoms with Gasteiger partial charge in [0, 0.05) is 10.5 Å². The lowest BCUT2D eigenvalue weighted by Gasteiger charge is -2.24. The molecule has 0 N–H and O–H groups in total. The van der Waals surface area contributed by atoms with Crippen LogP contribution in [0, 0.1) is 0 Å². The van der Waals surface area contributed by atoms with Crippen molar-refractivity contribution in [1.82, 2.24) is 0 Å². The molecule has 1 fully saturated rings. The molecule has 0 bridgehead atoms. The summed E-state index contributed by atoms with van der Waals surface area (Å²) in [5, 5.41) is 0. The van der Waals surface area contributed by atoms with Crippen LogP contribution < -0.4 is 4.74 Å². The Bertz CT molecular complexity index is 375. The molecule has 1 aromatic rings. The van der Waals surface area contributed by atoms with Gasteiger partial charge in [0.05, 0.1) is 6.10 Å². The van der Waals surface area contributed by atoms with E-state index in [1.54, 1.807) is 11.8 Å².